The van der Waals surface area contributed by atoms with Gasteiger partial charge in [-0.25, -0.2) is 0 Å². The standard InChI is InChI=1S/C21H14ClN3O2S/c22-14-5-1-4-13(12-14)18-9-10-19(27-18)20(26)25-21(28)24-17-8-2-7-16-15(17)6-3-11-23-16/h1-12H,(H2,24,25,26,28). The molecule has 0 saturated carbocycles. The van der Waals surface area contributed by atoms with E-state index in [-0.39, 0.29) is 10.9 Å². The summed E-state index contributed by atoms with van der Waals surface area (Å²) < 4.78 is 5.64. The van der Waals surface area contributed by atoms with Crippen LogP contribution in [-0.2, 0) is 0 Å². The molecule has 2 aromatic carbocycles. The molecule has 0 aliphatic rings. The third kappa shape index (κ3) is 3.88. The Morgan fingerprint density at radius 2 is 1.89 bits per heavy atom. The number of fused-ring (bicyclic) bond motifs is 1. The number of aromatic nitrogens is 1. The molecular weight excluding hydrogens is 394 g/mol. The van der Waals surface area contributed by atoms with E-state index in [1.54, 1.807) is 30.5 Å². The van der Waals surface area contributed by atoms with Crippen LogP contribution in [0.5, 0.6) is 0 Å². The van der Waals surface area contributed by atoms with E-state index in [0.29, 0.717) is 10.8 Å². The van der Waals surface area contributed by atoms with Crippen LogP contribution in [0.3, 0.4) is 0 Å². The number of nitrogens with zero attached hydrogens (tertiary/aromatic N) is 1. The highest BCUT2D eigenvalue weighted by Crippen LogP contribution is 2.25. The lowest BCUT2D eigenvalue weighted by Gasteiger charge is -2.10. The first-order valence-electron chi connectivity index (χ1n) is 8.42. The van der Waals surface area contributed by atoms with Crippen molar-refractivity contribution in [3.63, 3.8) is 0 Å². The summed E-state index contributed by atoms with van der Waals surface area (Å²) >= 11 is 11.3. The maximum Gasteiger partial charge on any atom is 0.293 e. The van der Waals surface area contributed by atoms with E-state index in [4.69, 9.17) is 28.2 Å². The second-order valence-electron chi connectivity index (χ2n) is 5.96. The van der Waals surface area contributed by atoms with Crippen molar-refractivity contribution in [1.29, 1.82) is 0 Å². The van der Waals surface area contributed by atoms with Crippen LogP contribution in [0, 0.1) is 0 Å². The molecular formula is C21H14ClN3O2S. The molecule has 2 aromatic heterocycles. The van der Waals surface area contributed by atoms with Crippen molar-refractivity contribution in [2.24, 2.45) is 0 Å². The average Bonchev–Trinajstić information content (AvgIpc) is 3.19. The normalized spacial score (nSPS) is 10.6. The van der Waals surface area contributed by atoms with E-state index in [0.717, 1.165) is 22.2 Å². The predicted octanol–water partition coefficient (Wildman–Crippen LogP) is 5.28. The summed E-state index contributed by atoms with van der Waals surface area (Å²) in [5, 5.41) is 7.33. The van der Waals surface area contributed by atoms with Crippen LogP contribution in [-0.4, -0.2) is 16.0 Å². The summed E-state index contributed by atoms with van der Waals surface area (Å²) in [4.78, 5) is 16.8. The van der Waals surface area contributed by atoms with Crippen LogP contribution in [0.4, 0.5) is 5.69 Å². The van der Waals surface area contributed by atoms with Gasteiger partial charge in [-0.15, -0.1) is 0 Å². The molecule has 28 heavy (non-hydrogen) atoms. The van der Waals surface area contributed by atoms with E-state index in [1.807, 2.05) is 42.5 Å². The zero-order valence-electron chi connectivity index (χ0n) is 14.5. The molecule has 0 saturated heterocycles. The molecule has 5 nitrogen and oxygen atoms in total. The van der Waals surface area contributed by atoms with E-state index in [1.165, 1.54) is 0 Å². The van der Waals surface area contributed by atoms with Gasteiger partial charge in [0.05, 0.1) is 5.52 Å². The molecule has 138 valence electrons. The van der Waals surface area contributed by atoms with Gasteiger partial charge in [-0.05, 0) is 60.7 Å². The third-order valence-corrected chi connectivity index (χ3v) is 4.50. The van der Waals surface area contributed by atoms with Gasteiger partial charge in [-0.2, -0.15) is 0 Å². The Labute approximate surface area is 171 Å². The molecule has 7 heteroatoms. The number of thiocarbonyl (C=S) groups is 1. The Morgan fingerprint density at radius 1 is 1.04 bits per heavy atom. The number of anilines is 1. The van der Waals surface area contributed by atoms with Gasteiger partial charge in [0, 0.05) is 27.9 Å². The molecule has 0 fully saturated rings. The average molecular weight is 408 g/mol. The summed E-state index contributed by atoms with van der Waals surface area (Å²) in [6, 6.07) is 19.9. The van der Waals surface area contributed by atoms with Gasteiger partial charge in [-0.1, -0.05) is 29.8 Å². The molecule has 0 spiro atoms. The van der Waals surface area contributed by atoms with E-state index < -0.39 is 5.91 Å². The van der Waals surface area contributed by atoms with Gasteiger partial charge in [0.25, 0.3) is 5.91 Å². The van der Waals surface area contributed by atoms with Crippen molar-refractivity contribution in [2.75, 3.05) is 5.32 Å². The highest BCUT2D eigenvalue weighted by molar-refractivity contribution is 7.80. The highest BCUT2D eigenvalue weighted by atomic mass is 35.5. The van der Waals surface area contributed by atoms with Crippen molar-refractivity contribution in [2.45, 2.75) is 0 Å². The minimum absolute atomic E-state index is 0.152. The van der Waals surface area contributed by atoms with Gasteiger partial charge in [0.2, 0.25) is 0 Å². The fourth-order valence-electron chi connectivity index (χ4n) is 2.79. The molecule has 0 aliphatic carbocycles. The number of furan rings is 1. The first-order chi connectivity index (χ1) is 13.6. The van der Waals surface area contributed by atoms with Crippen LogP contribution < -0.4 is 10.6 Å². The van der Waals surface area contributed by atoms with Gasteiger partial charge in [-0.3, -0.25) is 15.1 Å². The van der Waals surface area contributed by atoms with Gasteiger partial charge in [0.1, 0.15) is 5.76 Å². The molecule has 4 aromatic rings. The molecule has 2 N–H and O–H groups in total. The summed E-state index contributed by atoms with van der Waals surface area (Å²) in [6.45, 7) is 0. The number of halogens is 1. The Kier molecular flexibility index (Phi) is 5.06. The van der Waals surface area contributed by atoms with Crippen LogP contribution in [0.1, 0.15) is 10.6 Å². The number of carbonyl (C=O) groups is 1. The third-order valence-electron chi connectivity index (χ3n) is 4.06. The Morgan fingerprint density at radius 3 is 2.75 bits per heavy atom. The van der Waals surface area contributed by atoms with Crippen molar-refractivity contribution >= 4 is 51.4 Å². The minimum Gasteiger partial charge on any atom is -0.451 e. The number of hydrogen-bond donors (Lipinski definition) is 2. The number of carbonyl (C=O) groups excluding carboxylic acids is 1. The number of amides is 1. The second-order valence-corrected chi connectivity index (χ2v) is 6.80. The topological polar surface area (TPSA) is 67.2 Å². The first kappa shape index (κ1) is 18.2. The van der Waals surface area contributed by atoms with Crippen LogP contribution in [0.2, 0.25) is 5.02 Å². The van der Waals surface area contributed by atoms with Crippen molar-refractivity contribution in [1.82, 2.24) is 10.3 Å². The minimum atomic E-state index is -0.441. The quantitative estimate of drug-likeness (QED) is 0.452. The Hall–Kier alpha value is -3.22. The highest BCUT2D eigenvalue weighted by Gasteiger charge is 2.14. The van der Waals surface area contributed by atoms with E-state index >= 15 is 0 Å². The summed E-state index contributed by atoms with van der Waals surface area (Å²) in [7, 11) is 0. The molecule has 4 rings (SSSR count). The van der Waals surface area contributed by atoms with Crippen molar-refractivity contribution in [3.8, 4) is 11.3 Å². The smallest absolute Gasteiger partial charge is 0.293 e. The summed E-state index contributed by atoms with van der Waals surface area (Å²) in [5.74, 6) is 0.259. The van der Waals surface area contributed by atoms with E-state index in [2.05, 4.69) is 15.6 Å². The maximum atomic E-state index is 12.4. The van der Waals surface area contributed by atoms with Crippen LogP contribution in [0.15, 0.2) is 77.3 Å². The van der Waals surface area contributed by atoms with Crippen molar-refractivity contribution in [3.05, 3.63) is 83.7 Å². The lowest BCUT2D eigenvalue weighted by atomic mass is 10.2. The second kappa shape index (κ2) is 7.80. The zero-order valence-corrected chi connectivity index (χ0v) is 16.1. The fourth-order valence-corrected chi connectivity index (χ4v) is 3.18. The summed E-state index contributed by atoms with van der Waals surface area (Å²) in [6.07, 6.45) is 1.72. The monoisotopic (exact) mass is 407 g/mol. The van der Waals surface area contributed by atoms with Gasteiger partial charge >= 0.3 is 0 Å². The number of nitrogens with one attached hydrogen (secondary N) is 2. The number of benzene rings is 2. The van der Waals surface area contributed by atoms with Gasteiger partial charge < -0.3 is 9.73 Å². The molecule has 0 bridgehead atoms. The van der Waals surface area contributed by atoms with Gasteiger partial charge in [0.15, 0.2) is 10.9 Å². The van der Waals surface area contributed by atoms with Crippen LogP contribution in [0.25, 0.3) is 22.2 Å². The lowest BCUT2D eigenvalue weighted by Crippen LogP contribution is -2.33. The molecule has 0 radical (unpaired) electrons. The SMILES string of the molecule is O=C(NC(=S)Nc1cccc2ncccc12)c1ccc(-c2cccc(Cl)c2)o1. The molecule has 0 aliphatic heterocycles. The van der Waals surface area contributed by atoms with E-state index in [9.17, 15) is 4.79 Å². The first-order valence-corrected chi connectivity index (χ1v) is 9.20. The predicted molar refractivity (Wildman–Crippen MR) is 115 cm³/mol. The number of hydrogen-bond acceptors (Lipinski definition) is 4. The molecule has 1 amide bonds. The maximum absolute atomic E-state index is 12.4. The molecule has 2 heterocycles. The molecule has 0 atom stereocenters. The number of rotatable bonds is 3. The number of pyridine rings is 1. The zero-order chi connectivity index (χ0) is 19.5. The lowest BCUT2D eigenvalue weighted by molar-refractivity contribution is 0.0951. The fraction of sp³-hybridized carbons (Fsp3) is 0. The van der Waals surface area contributed by atoms with Crippen LogP contribution >= 0.6 is 23.8 Å². The Bertz CT molecular complexity index is 1180. The Balaban J connectivity index is 1.47. The van der Waals surface area contributed by atoms with Crippen molar-refractivity contribution < 1.29 is 9.21 Å². The molecule has 0 unspecified atom stereocenters. The largest absolute Gasteiger partial charge is 0.451 e. The summed E-state index contributed by atoms with van der Waals surface area (Å²) in [5.41, 5.74) is 2.38.